The van der Waals surface area contributed by atoms with Crippen LogP contribution in [0.15, 0.2) is 49.2 Å². The van der Waals surface area contributed by atoms with Crippen LogP contribution in [0.25, 0.3) is 5.52 Å². The van der Waals surface area contributed by atoms with Gasteiger partial charge in [0.25, 0.3) is 0 Å². The minimum absolute atomic E-state index is 0.197. The molecular weight excluding hydrogens is 254 g/mol. The number of pyridine rings is 1. The summed E-state index contributed by atoms with van der Waals surface area (Å²) in [6, 6.07) is 5.72. The third-order valence-electron chi connectivity index (χ3n) is 3.40. The molecule has 0 bridgehead atoms. The van der Waals surface area contributed by atoms with Gasteiger partial charge in [0.05, 0.1) is 19.3 Å². The molecule has 6 nitrogen and oxygen atoms in total. The lowest BCUT2D eigenvalue weighted by Crippen LogP contribution is -2.54. The molecule has 3 aromatic rings. The van der Waals surface area contributed by atoms with Crippen LogP contribution in [-0.4, -0.2) is 38.8 Å². The molecule has 0 radical (unpaired) electrons. The van der Waals surface area contributed by atoms with Gasteiger partial charge in [-0.05, 0) is 18.2 Å². The summed E-state index contributed by atoms with van der Waals surface area (Å²) in [7, 11) is 0. The monoisotopic (exact) mass is 267 g/mol. The van der Waals surface area contributed by atoms with Crippen molar-refractivity contribution in [3.05, 3.63) is 49.2 Å². The molecule has 1 saturated heterocycles. The van der Waals surface area contributed by atoms with E-state index in [0.717, 1.165) is 30.2 Å². The number of ether oxygens (including phenoxy) is 1. The van der Waals surface area contributed by atoms with Gasteiger partial charge < -0.3 is 9.64 Å². The van der Waals surface area contributed by atoms with Gasteiger partial charge in [-0.25, -0.2) is 9.50 Å². The molecular formula is C14H13N5O. The number of hydrogen-bond donors (Lipinski definition) is 0. The van der Waals surface area contributed by atoms with Gasteiger partial charge in [0, 0.05) is 24.8 Å². The van der Waals surface area contributed by atoms with E-state index in [4.69, 9.17) is 4.74 Å². The number of aromatic nitrogens is 4. The molecule has 1 fully saturated rings. The standard InChI is InChI=1S/C14H13N5O/c1-4-15-5-2-11(1)20-12-9-18(10-12)14-13-3-6-17-19(13)8-7-16-14/h1-8,12H,9-10H2. The van der Waals surface area contributed by atoms with E-state index in [1.54, 1.807) is 24.8 Å². The first-order chi connectivity index (χ1) is 9.90. The van der Waals surface area contributed by atoms with Crippen molar-refractivity contribution in [1.29, 1.82) is 0 Å². The molecule has 0 atom stereocenters. The van der Waals surface area contributed by atoms with Crippen LogP contribution in [-0.2, 0) is 0 Å². The van der Waals surface area contributed by atoms with Crippen molar-refractivity contribution in [2.24, 2.45) is 0 Å². The number of hydrogen-bond acceptors (Lipinski definition) is 5. The topological polar surface area (TPSA) is 55.5 Å². The Hall–Kier alpha value is -2.63. The molecule has 0 amide bonds. The molecule has 1 aliphatic heterocycles. The highest BCUT2D eigenvalue weighted by molar-refractivity contribution is 5.69. The van der Waals surface area contributed by atoms with Gasteiger partial charge in [-0.2, -0.15) is 5.10 Å². The van der Waals surface area contributed by atoms with Crippen LogP contribution in [0.3, 0.4) is 0 Å². The third-order valence-corrected chi connectivity index (χ3v) is 3.40. The second-order valence-corrected chi connectivity index (χ2v) is 4.74. The van der Waals surface area contributed by atoms with Crippen molar-refractivity contribution in [2.75, 3.05) is 18.0 Å². The number of nitrogens with zero attached hydrogens (tertiary/aromatic N) is 5. The lowest BCUT2D eigenvalue weighted by atomic mass is 10.1. The number of fused-ring (bicyclic) bond motifs is 1. The SMILES string of the molecule is c1cc(OC2CN(c3nccn4nccc34)C2)ccn1. The fourth-order valence-corrected chi connectivity index (χ4v) is 2.38. The van der Waals surface area contributed by atoms with Crippen LogP contribution >= 0.6 is 0 Å². The van der Waals surface area contributed by atoms with Crippen LogP contribution in [0.4, 0.5) is 5.82 Å². The molecule has 0 spiro atoms. The molecule has 6 heteroatoms. The fraction of sp³-hybridized carbons (Fsp3) is 0.214. The van der Waals surface area contributed by atoms with E-state index in [9.17, 15) is 0 Å². The van der Waals surface area contributed by atoms with E-state index in [2.05, 4.69) is 20.0 Å². The normalized spacial score (nSPS) is 15.3. The summed E-state index contributed by atoms with van der Waals surface area (Å²) in [5, 5.41) is 4.22. The summed E-state index contributed by atoms with van der Waals surface area (Å²) in [6.45, 7) is 1.67. The first-order valence-corrected chi connectivity index (χ1v) is 6.50. The Bertz CT molecular complexity index is 721. The maximum Gasteiger partial charge on any atom is 0.154 e. The van der Waals surface area contributed by atoms with Gasteiger partial charge in [0.2, 0.25) is 0 Å². The minimum Gasteiger partial charge on any atom is -0.487 e. The molecule has 4 heterocycles. The van der Waals surface area contributed by atoms with Crippen LogP contribution in [0.1, 0.15) is 0 Å². The van der Waals surface area contributed by atoms with Crippen molar-refractivity contribution in [3.8, 4) is 5.75 Å². The minimum atomic E-state index is 0.197. The van der Waals surface area contributed by atoms with Crippen molar-refractivity contribution in [1.82, 2.24) is 19.6 Å². The Balaban J connectivity index is 1.47. The smallest absolute Gasteiger partial charge is 0.154 e. The second-order valence-electron chi connectivity index (χ2n) is 4.74. The van der Waals surface area contributed by atoms with Crippen molar-refractivity contribution in [3.63, 3.8) is 0 Å². The van der Waals surface area contributed by atoms with Gasteiger partial charge in [-0.15, -0.1) is 0 Å². The zero-order chi connectivity index (χ0) is 13.4. The van der Waals surface area contributed by atoms with Crippen LogP contribution < -0.4 is 9.64 Å². The Morgan fingerprint density at radius 3 is 2.75 bits per heavy atom. The highest BCUT2D eigenvalue weighted by Crippen LogP contribution is 2.25. The van der Waals surface area contributed by atoms with E-state index in [1.165, 1.54) is 0 Å². The van der Waals surface area contributed by atoms with Crippen molar-refractivity contribution in [2.45, 2.75) is 6.10 Å². The van der Waals surface area contributed by atoms with Crippen LogP contribution in [0.2, 0.25) is 0 Å². The van der Waals surface area contributed by atoms with E-state index in [1.807, 2.05) is 28.9 Å². The molecule has 0 saturated carbocycles. The van der Waals surface area contributed by atoms with Gasteiger partial charge in [-0.3, -0.25) is 4.98 Å². The molecule has 4 rings (SSSR count). The average molecular weight is 267 g/mol. The molecule has 3 aromatic heterocycles. The first kappa shape index (κ1) is 11.2. The predicted octanol–water partition coefficient (Wildman–Crippen LogP) is 1.39. The Labute approximate surface area is 115 Å². The summed E-state index contributed by atoms with van der Waals surface area (Å²) in [5.74, 6) is 1.82. The van der Waals surface area contributed by atoms with Crippen LogP contribution in [0, 0.1) is 0 Å². The maximum absolute atomic E-state index is 5.86. The Morgan fingerprint density at radius 2 is 1.90 bits per heavy atom. The first-order valence-electron chi connectivity index (χ1n) is 6.50. The van der Waals surface area contributed by atoms with Gasteiger partial charge >= 0.3 is 0 Å². The van der Waals surface area contributed by atoms with Gasteiger partial charge in [-0.1, -0.05) is 0 Å². The highest BCUT2D eigenvalue weighted by Gasteiger charge is 2.30. The molecule has 1 aliphatic rings. The Kier molecular flexibility index (Phi) is 2.51. The summed E-state index contributed by atoms with van der Waals surface area (Å²) in [5.41, 5.74) is 1.02. The molecule has 0 N–H and O–H groups in total. The lowest BCUT2D eigenvalue weighted by molar-refractivity contribution is 0.167. The average Bonchev–Trinajstić information content (AvgIpc) is 2.92. The largest absolute Gasteiger partial charge is 0.487 e. The number of rotatable bonds is 3. The highest BCUT2D eigenvalue weighted by atomic mass is 16.5. The van der Waals surface area contributed by atoms with Crippen LogP contribution in [0.5, 0.6) is 5.75 Å². The van der Waals surface area contributed by atoms with E-state index in [0.29, 0.717) is 0 Å². The second kappa shape index (κ2) is 4.48. The number of anilines is 1. The molecule has 0 unspecified atom stereocenters. The van der Waals surface area contributed by atoms with Crippen molar-refractivity contribution < 1.29 is 4.74 Å². The zero-order valence-electron chi connectivity index (χ0n) is 10.8. The Morgan fingerprint density at radius 1 is 1.05 bits per heavy atom. The third kappa shape index (κ3) is 1.85. The van der Waals surface area contributed by atoms with E-state index in [-0.39, 0.29) is 6.10 Å². The fourth-order valence-electron chi connectivity index (χ4n) is 2.38. The molecule has 0 aliphatic carbocycles. The zero-order valence-corrected chi connectivity index (χ0v) is 10.8. The lowest BCUT2D eigenvalue weighted by Gasteiger charge is -2.39. The van der Waals surface area contributed by atoms with Gasteiger partial charge in [0.1, 0.15) is 17.4 Å². The molecule has 20 heavy (non-hydrogen) atoms. The maximum atomic E-state index is 5.86. The summed E-state index contributed by atoms with van der Waals surface area (Å²) < 4.78 is 7.70. The molecule has 0 aromatic carbocycles. The quantitative estimate of drug-likeness (QED) is 0.718. The summed E-state index contributed by atoms with van der Waals surface area (Å²) >= 11 is 0. The van der Waals surface area contributed by atoms with E-state index >= 15 is 0 Å². The summed E-state index contributed by atoms with van der Waals surface area (Å²) in [6.07, 6.45) is 9.07. The predicted molar refractivity (Wildman–Crippen MR) is 73.9 cm³/mol. The molecule has 100 valence electrons. The van der Waals surface area contributed by atoms with Crippen molar-refractivity contribution >= 4 is 11.3 Å². The van der Waals surface area contributed by atoms with Gasteiger partial charge in [0.15, 0.2) is 5.82 Å². The summed E-state index contributed by atoms with van der Waals surface area (Å²) in [4.78, 5) is 10.6. The van der Waals surface area contributed by atoms with E-state index < -0.39 is 0 Å².